The van der Waals surface area contributed by atoms with Gasteiger partial charge in [0, 0.05) is 24.3 Å². The number of anilines is 1. The lowest BCUT2D eigenvalue weighted by Crippen LogP contribution is -2.37. The van der Waals surface area contributed by atoms with Gasteiger partial charge in [-0.05, 0) is 61.1 Å². The van der Waals surface area contributed by atoms with Gasteiger partial charge < -0.3 is 15.4 Å². The van der Waals surface area contributed by atoms with E-state index < -0.39 is 0 Å². The van der Waals surface area contributed by atoms with Gasteiger partial charge in [-0.1, -0.05) is 18.2 Å². The molecule has 0 aromatic heterocycles. The van der Waals surface area contributed by atoms with Crippen molar-refractivity contribution in [2.75, 3.05) is 25.9 Å². The Morgan fingerprint density at radius 1 is 1.12 bits per heavy atom. The standard InChI is InChI=1S/C20H24N2O2/c1-14-3-4-17(13-19(14)21)20(23)22-11-9-16(10-12-22)15-5-7-18(24-2)8-6-15/h3-8,13,16H,9-12,21H2,1-2H3. The molecule has 2 aromatic carbocycles. The van der Waals surface area contributed by atoms with E-state index in [1.54, 1.807) is 13.2 Å². The molecule has 0 spiro atoms. The number of hydrogen-bond donors (Lipinski definition) is 1. The molecule has 1 fully saturated rings. The smallest absolute Gasteiger partial charge is 0.253 e. The van der Waals surface area contributed by atoms with E-state index in [-0.39, 0.29) is 5.91 Å². The number of nitrogens with zero attached hydrogens (tertiary/aromatic N) is 1. The average molecular weight is 324 g/mol. The monoisotopic (exact) mass is 324 g/mol. The minimum atomic E-state index is 0.0786. The number of nitrogens with two attached hydrogens (primary N) is 1. The fourth-order valence-corrected chi connectivity index (χ4v) is 3.25. The molecule has 0 atom stereocenters. The normalized spacial score (nSPS) is 15.3. The maximum absolute atomic E-state index is 12.6. The van der Waals surface area contributed by atoms with E-state index >= 15 is 0 Å². The molecule has 0 unspecified atom stereocenters. The molecule has 0 saturated carbocycles. The van der Waals surface area contributed by atoms with Crippen LogP contribution in [-0.2, 0) is 0 Å². The predicted octanol–water partition coefficient (Wildman–Crippen LogP) is 3.61. The van der Waals surface area contributed by atoms with Gasteiger partial charge in [0.1, 0.15) is 5.75 Å². The predicted molar refractivity (Wildman–Crippen MR) is 96.5 cm³/mol. The van der Waals surface area contributed by atoms with Crippen molar-refractivity contribution in [1.29, 1.82) is 0 Å². The van der Waals surface area contributed by atoms with E-state index in [0.29, 0.717) is 17.2 Å². The highest BCUT2D eigenvalue weighted by Crippen LogP contribution is 2.30. The first-order chi connectivity index (χ1) is 11.6. The van der Waals surface area contributed by atoms with Gasteiger partial charge in [-0.25, -0.2) is 0 Å². The SMILES string of the molecule is COc1ccc(C2CCN(C(=O)c3ccc(C)c(N)c3)CC2)cc1. The average Bonchev–Trinajstić information content (AvgIpc) is 2.63. The highest BCUT2D eigenvalue weighted by Gasteiger charge is 2.24. The molecule has 2 N–H and O–H groups in total. The van der Waals surface area contributed by atoms with Crippen molar-refractivity contribution in [1.82, 2.24) is 4.90 Å². The Labute approximate surface area is 143 Å². The zero-order valence-corrected chi connectivity index (χ0v) is 14.3. The summed E-state index contributed by atoms with van der Waals surface area (Å²) >= 11 is 0. The second-order valence-electron chi connectivity index (χ2n) is 6.41. The summed E-state index contributed by atoms with van der Waals surface area (Å²) in [7, 11) is 1.68. The van der Waals surface area contributed by atoms with E-state index in [1.807, 2.05) is 36.1 Å². The quantitative estimate of drug-likeness (QED) is 0.878. The van der Waals surface area contributed by atoms with Gasteiger partial charge in [-0.2, -0.15) is 0 Å². The molecular weight excluding hydrogens is 300 g/mol. The molecule has 1 saturated heterocycles. The highest BCUT2D eigenvalue weighted by molar-refractivity contribution is 5.95. The van der Waals surface area contributed by atoms with Crippen molar-refractivity contribution in [3.63, 3.8) is 0 Å². The number of ether oxygens (including phenoxy) is 1. The molecule has 126 valence electrons. The third-order valence-corrected chi connectivity index (χ3v) is 4.90. The number of hydrogen-bond acceptors (Lipinski definition) is 3. The number of methoxy groups -OCH3 is 1. The van der Waals surface area contributed by atoms with Crippen molar-refractivity contribution in [3.8, 4) is 5.75 Å². The summed E-state index contributed by atoms with van der Waals surface area (Å²) in [6, 6.07) is 13.8. The van der Waals surface area contributed by atoms with Crippen molar-refractivity contribution in [3.05, 3.63) is 59.2 Å². The molecule has 1 aliphatic heterocycles. The third kappa shape index (κ3) is 3.37. The largest absolute Gasteiger partial charge is 0.497 e. The number of benzene rings is 2. The van der Waals surface area contributed by atoms with Gasteiger partial charge in [0.05, 0.1) is 7.11 Å². The van der Waals surface area contributed by atoms with Gasteiger partial charge >= 0.3 is 0 Å². The molecule has 1 amide bonds. The second kappa shape index (κ2) is 6.95. The molecule has 0 bridgehead atoms. The highest BCUT2D eigenvalue weighted by atomic mass is 16.5. The molecule has 0 aliphatic carbocycles. The van der Waals surface area contributed by atoms with Crippen LogP contribution in [0.5, 0.6) is 5.75 Å². The minimum Gasteiger partial charge on any atom is -0.497 e. The Balaban J connectivity index is 1.63. The van der Waals surface area contributed by atoms with Crippen LogP contribution in [0.25, 0.3) is 0 Å². The fraction of sp³-hybridized carbons (Fsp3) is 0.350. The molecular formula is C20H24N2O2. The number of nitrogen functional groups attached to an aromatic ring is 1. The zero-order valence-electron chi connectivity index (χ0n) is 14.3. The summed E-state index contributed by atoms with van der Waals surface area (Å²) in [6.45, 7) is 3.51. The first kappa shape index (κ1) is 16.4. The number of likely N-dealkylation sites (tertiary alicyclic amines) is 1. The van der Waals surface area contributed by atoms with Gasteiger partial charge in [-0.15, -0.1) is 0 Å². The number of piperidine rings is 1. The topological polar surface area (TPSA) is 55.6 Å². The lowest BCUT2D eigenvalue weighted by molar-refractivity contribution is 0.0713. The lowest BCUT2D eigenvalue weighted by Gasteiger charge is -2.32. The Kier molecular flexibility index (Phi) is 4.74. The van der Waals surface area contributed by atoms with Crippen LogP contribution in [0.15, 0.2) is 42.5 Å². The van der Waals surface area contributed by atoms with Crippen LogP contribution in [-0.4, -0.2) is 31.0 Å². The summed E-state index contributed by atoms with van der Waals surface area (Å²) in [4.78, 5) is 14.6. The van der Waals surface area contributed by atoms with E-state index in [4.69, 9.17) is 10.5 Å². The van der Waals surface area contributed by atoms with Gasteiger partial charge in [-0.3, -0.25) is 4.79 Å². The second-order valence-corrected chi connectivity index (χ2v) is 6.41. The molecule has 2 aromatic rings. The van der Waals surface area contributed by atoms with Crippen LogP contribution < -0.4 is 10.5 Å². The van der Waals surface area contributed by atoms with E-state index in [0.717, 1.165) is 37.2 Å². The Bertz CT molecular complexity index is 717. The Morgan fingerprint density at radius 3 is 2.38 bits per heavy atom. The molecule has 1 aliphatic rings. The zero-order chi connectivity index (χ0) is 17.1. The molecule has 3 rings (SSSR count). The lowest BCUT2D eigenvalue weighted by atomic mass is 9.89. The van der Waals surface area contributed by atoms with E-state index in [2.05, 4.69) is 12.1 Å². The van der Waals surface area contributed by atoms with E-state index in [9.17, 15) is 4.79 Å². The molecule has 0 radical (unpaired) electrons. The van der Waals surface area contributed by atoms with Crippen molar-refractivity contribution >= 4 is 11.6 Å². The molecule has 4 nitrogen and oxygen atoms in total. The van der Waals surface area contributed by atoms with Crippen molar-refractivity contribution in [2.45, 2.75) is 25.7 Å². The maximum Gasteiger partial charge on any atom is 0.253 e. The maximum atomic E-state index is 12.6. The summed E-state index contributed by atoms with van der Waals surface area (Å²) in [5.74, 6) is 1.46. The van der Waals surface area contributed by atoms with Crippen molar-refractivity contribution < 1.29 is 9.53 Å². The summed E-state index contributed by atoms with van der Waals surface area (Å²) in [6.07, 6.45) is 1.97. The van der Waals surface area contributed by atoms with E-state index in [1.165, 1.54) is 5.56 Å². The van der Waals surface area contributed by atoms with Gasteiger partial charge in [0.15, 0.2) is 0 Å². The molecule has 1 heterocycles. The summed E-state index contributed by atoms with van der Waals surface area (Å²) in [5.41, 5.74) is 9.61. The third-order valence-electron chi connectivity index (χ3n) is 4.90. The molecule has 4 heteroatoms. The number of carbonyl (C=O) groups is 1. The summed E-state index contributed by atoms with van der Waals surface area (Å²) < 4.78 is 5.21. The number of rotatable bonds is 3. The van der Waals surface area contributed by atoms with Crippen LogP contribution in [0, 0.1) is 6.92 Å². The minimum absolute atomic E-state index is 0.0786. The first-order valence-corrected chi connectivity index (χ1v) is 8.38. The van der Waals surface area contributed by atoms with Crippen molar-refractivity contribution in [2.24, 2.45) is 0 Å². The van der Waals surface area contributed by atoms with Crippen LogP contribution in [0.1, 0.15) is 40.2 Å². The number of aryl methyl sites for hydroxylation is 1. The number of amides is 1. The molecule has 24 heavy (non-hydrogen) atoms. The Morgan fingerprint density at radius 2 is 1.79 bits per heavy atom. The van der Waals surface area contributed by atoms with Crippen LogP contribution in [0.3, 0.4) is 0 Å². The van der Waals surface area contributed by atoms with Gasteiger partial charge in [0.2, 0.25) is 0 Å². The number of carbonyl (C=O) groups excluding carboxylic acids is 1. The van der Waals surface area contributed by atoms with Crippen LogP contribution >= 0.6 is 0 Å². The summed E-state index contributed by atoms with van der Waals surface area (Å²) in [5, 5.41) is 0. The van der Waals surface area contributed by atoms with Crippen LogP contribution in [0.2, 0.25) is 0 Å². The first-order valence-electron chi connectivity index (χ1n) is 8.38. The Hall–Kier alpha value is -2.49. The van der Waals surface area contributed by atoms with Gasteiger partial charge in [0.25, 0.3) is 5.91 Å². The van der Waals surface area contributed by atoms with Crippen LogP contribution in [0.4, 0.5) is 5.69 Å². The fourth-order valence-electron chi connectivity index (χ4n) is 3.25.